The maximum absolute atomic E-state index is 4.60. The van der Waals surface area contributed by atoms with E-state index in [0.29, 0.717) is 0 Å². The number of imidazole rings is 1. The zero-order valence-electron chi connectivity index (χ0n) is 15.0. The van der Waals surface area contributed by atoms with Crippen molar-refractivity contribution in [1.82, 2.24) is 24.5 Å². The molecule has 0 radical (unpaired) electrons. The predicted octanol–water partition coefficient (Wildman–Crippen LogP) is 4.27. The monoisotopic (exact) mass is 376 g/mol. The van der Waals surface area contributed by atoms with Gasteiger partial charge in [0.15, 0.2) is 0 Å². The first-order valence-corrected chi connectivity index (χ1v) is 9.70. The Labute approximate surface area is 162 Å². The van der Waals surface area contributed by atoms with E-state index in [4.69, 9.17) is 0 Å². The number of aromatic nitrogens is 5. The van der Waals surface area contributed by atoms with Gasteiger partial charge in [0.05, 0.1) is 12.0 Å². The molecule has 4 rings (SSSR count). The molecule has 0 saturated carbocycles. The molecule has 0 aliphatic rings. The number of hydrogen-bond donors (Lipinski definition) is 1. The lowest BCUT2D eigenvalue weighted by atomic mass is 10.1. The van der Waals surface area contributed by atoms with Crippen LogP contribution in [0, 0.1) is 6.92 Å². The fraction of sp³-hybridized carbons (Fsp3) is 0.200. The van der Waals surface area contributed by atoms with Crippen LogP contribution in [0.2, 0.25) is 0 Å². The van der Waals surface area contributed by atoms with E-state index in [1.807, 2.05) is 44.0 Å². The van der Waals surface area contributed by atoms with Crippen molar-refractivity contribution in [2.75, 3.05) is 11.9 Å². The maximum atomic E-state index is 4.60. The molecule has 1 N–H and O–H groups in total. The third-order valence-corrected chi connectivity index (χ3v) is 5.05. The van der Waals surface area contributed by atoms with Crippen LogP contribution >= 0.6 is 11.3 Å². The Morgan fingerprint density at radius 2 is 2.04 bits per heavy atom. The number of pyridine rings is 1. The molecule has 0 atom stereocenters. The molecule has 27 heavy (non-hydrogen) atoms. The SMILES string of the molecule is Cc1nc(NCCCn2ccnc2)cc(-c2cncc(-c3cccs3)c2)n1. The van der Waals surface area contributed by atoms with E-state index in [9.17, 15) is 0 Å². The highest BCUT2D eigenvalue weighted by atomic mass is 32.1. The van der Waals surface area contributed by atoms with Crippen LogP contribution in [0.25, 0.3) is 21.7 Å². The summed E-state index contributed by atoms with van der Waals surface area (Å²) in [5.41, 5.74) is 2.98. The second kappa shape index (κ2) is 8.09. The average molecular weight is 376 g/mol. The number of thiophene rings is 1. The van der Waals surface area contributed by atoms with Crippen LogP contribution in [0.1, 0.15) is 12.2 Å². The zero-order chi connectivity index (χ0) is 18.5. The minimum atomic E-state index is 0.742. The van der Waals surface area contributed by atoms with Crippen molar-refractivity contribution in [2.24, 2.45) is 0 Å². The van der Waals surface area contributed by atoms with Crippen LogP contribution in [-0.2, 0) is 6.54 Å². The Bertz CT molecular complexity index is 995. The van der Waals surface area contributed by atoms with E-state index in [-0.39, 0.29) is 0 Å². The molecule has 0 bridgehead atoms. The highest BCUT2D eigenvalue weighted by Crippen LogP contribution is 2.28. The first kappa shape index (κ1) is 17.4. The second-order valence-electron chi connectivity index (χ2n) is 6.21. The number of anilines is 1. The van der Waals surface area contributed by atoms with Crippen LogP contribution < -0.4 is 5.32 Å². The Morgan fingerprint density at radius 1 is 1.11 bits per heavy atom. The molecule has 7 heteroatoms. The number of aryl methyl sites for hydroxylation is 2. The molecule has 0 aliphatic heterocycles. The van der Waals surface area contributed by atoms with E-state index in [1.165, 1.54) is 4.88 Å². The quantitative estimate of drug-likeness (QED) is 0.488. The lowest BCUT2D eigenvalue weighted by Crippen LogP contribution is -2.08. The summed E-state index contributed by atoms with van der Waals surface area (Å²) in [5, 5.41) is 5.47. The maximum Gasteiger partial charge on any atom is 0.130 e. The summed E-state index contributed by atoms with van der Waals surface area (Å²) in [6.45, 7) is 3.68. The molecule has 0 unspecified atom stereocenters. The fourth-order valence-electron chi connectivity index (χ4n) is 2.86. The molecule has 0 spiro atoms. The predicted molar refractivity (Wildman–Crippen MR) is 109 cm³/mol. The van der Waals surface area contributed by atoms with Gasteiger partial charge in [0.25, 0.3) is 0 Å². The van der Waals surface area contributed by atoms with Gasteiger partial charge in [-0.25, -0.2) is 15.0 Å². The number of nitrogens with one attached hydrogen (secondary N) is 1. The lowest BCUT2D eigenvalue weighted by molar-refractivity contribution is 0.660. The summed E-state index contributed by atoms with van der Waals surface area (Å²) in [6.07, 6.45) is 10.3. The topological polar surface area (TPSA) is 68.5 Å². The van der Waals surface area contributed by atoms with Crippen molar-refractivity contribution in [1.29, 1.82) is 0 Å². The van der Waals surface area contributed by atoms with Gasteiger partial charge >= 0.3 is 0 Å². The molecule has 0 aliphatic carbocycles. The summed E-state index contributed by atoms with van der Waals surface area (Å²) >= 11 is 1.71. The Balaban J connectivity index is 1.48. The van der Waals surface area contributed by atoms with E-state index >= 15 is 0 Å². The van der Waals surface area contributed by atoms with Gasteiger partial charge < -0.3 is 9.88 Å². The molecule has 0 fully saturated rings. The van der Waals surface area contributed by atoms with E-state index in [2.05, 4.69) is 47.3 Å². The normalized spacial score (nSPS) is 10.9. The molecule has 4 aromatic heterocycles. The average Bonchev–Trinajstić information content (AvgIpc) is 3.39. The first-order chi connectivity index (χ1) is 13.3. The Morgan fingerprint density at radius 3 is 2.85 bits per heavy atom. The third-order valence-electron chi connectivity index (χ3n) is 4.14. The van der Waals surface area contributed by atoms with Crippen LogP contribution in [0.3, 0.4) is 0 Å². The van der Waals surface area contributed by atoms with Crippen molar-refractivity contribution in [3.05, 3.63) is 66.6 Å². The minimum absolute atomic E-state index is 0.742. The fourth-order valence-corrected chi connectivity index (χ4v) is 3.57. The van der Waals surface area contributed by atoms with E-state index < -0.39 is 0 Å². The lowest BCUT2D eigenvalue weighted by Gasteiger charge is -2.09. The Hall–Kier alpha value is -3.06. The van der Waals surface area contributed by atoms with E-state index in [0.717, 1.165) is 48.0 Å². The second-order valence-corrected chi connectivity index (χ2v) is 7.15. The smallest absolute Gasteiger partial charge is 0.130 e. The summed E-state index contributed by atoms with van der Waals surface area (Å²) in [6, 6.07) is 8.26. The summed E-state index contributed by atoms with van der Waals surface area (Å²) in [4.78, 5) is 18.8. The molecule has 6 nitrogen and oxygen atoms in total. The molecule has 136 valence electrons. The molecule has 4 aromatic rings. The summed E-state index contributed by atoms with van der Waals surface area (Å²) in [7, 11) is 0. The number of rotatable bonds is 7. The molecule has 0 aromatic carbocycles. The van der Waals surface area contributed by atoms with Gasteiger partial charge in [-0.1, -0.05) is 6.07 Å². The van der Waals surface area contributed by atoms with Gasteiger partial charge in [-0.15, -0.1) is 11.3 Å². The van der Waals surface area contributed by atoms with Gasteiger partial charge in [0, 0.05) is 59.9 Å². The standard InChI is InChI=1S/C20H20N6S/c1-15-24-18(16-10-17(13-22-12-16)19-4-2-9-27-19)11-20(25-15)23-5-3-7-26-8-6-21-14-26/h2,4,6,8-14H,3,5,7H2,1H3,(H,23,24,25). The van der Waals surface area contributed by atoms with Crippen LogP contribution in [0.4, 0.5) is 5.82 Å². The zero-order valence-corrected chi connectivity index (χ0v) is 15.9. The van der Waals surface area contributed by atoms with Gasteiger partial charge in [-0.3, -0.25) is 4.98 Å². The largest absolute Gasteiger partial charge is 0.370 e. The van der Waals surface area contributed by atoms with Crippen molar-refractivity contribution in [2.45, 2.75) is 19.9 Å². The summed E-state index contributed by atoms with van der Waals surface area (Å²) < 4.78 is 2.07. The van der Waals surface area contributed by atoms with Crippen molar-refractivity contribution >= 4 is 17.2 Å². The van der Waals surface area contributed by atoms with Gasteiger partial charge in [-0.2, -0.15) is 0 Å². The highest BCUT2D eigenvalue weighted by Gasteiger charge is 2.07. The highest BCUT2D eigenvalue weighted by molar-refractivity contribution is 7.13. The number of nitrogens with zero attached hydrogens (tertiary/aromatic N) is 5. The number of hydrogen-bond acceptors (Lipinski definition) is 6. The first-order valence-electron chi connectivity index (χ1n) is 8.82. The molecular formula is C20H20N6S. The van der Waals surface area contributed by atoms with Crippen LogP contribution in [0.15, 0.2) is 60.8 Å². The van der Waals surface area contributed by atoms with Crippen LogP contribution in [-0.4, -0.2) is 31.0 Å². The van der Waals surface area contributed by atoms with Crippen molar-refractivity contribution in [3.63, 3.8) is 0 Å². The molecular weight excluding hydrogens is 356 g/mol. The minimum Gasteiger partial charge on any atom is -0.370 e. The van der Waals surface area contributed by atoms with Gasteiger partial charge in [-0.05, 0) is 30.9 Å². The van der Waals surface area contributed by atoms with Crippen molar-refractivity contribution in [3.8, 4) is 21.7 Å². The van der Waals surface area contributed by atoms with Crippen LogP contribution in [0.5, 0.6) is 0 Å². The van der Waals surface area contributed by atoms with Gasteiger partial charge in [0.2, 0.25) is 0 Å². The molecule has 4 heterocycles. The summed E-state index contributed by atoms with van der Waals surface area (Å²) in [5.74, 6) is 1.58. The van der Waals surface area contributed by atoms with Crippen molar-refractivity contribution < 1.29 is 0 Å². The molecule has 0 saturated heterocycles. The third kappa shape index (κ3) is 4.38. The van der Waals surface area contributed by atoms with E-state index in [1.54, 1.807) is 17.5 Å². The Kier molecular flexibility index (Phi) is 5.20. The van der Waals surface area contributed by atoms with Gasteiger partial charge in [0.1, 0.15) is 11.6 Å². The molecule has 0 amide bonds.